The number of hydrogen-bond donors (Lipinski definition) is 0. The lowest BCUT2D eigenvalue weighted by molar-refractivity contribution is 0.0363. The van der Waals surface area contributed by atoms with Crippen LogP contribution >= 0.6 is 22.6 Å². The van der Waals surface area contributed by atoms with Crippen LogP contribution in [0, 0.1) is 3.70 Å². The van der Waals surface area contributed by atoms with E-state index < -0.39 is 5.97 Å². The molecular formula is C8H9IN2O2. The van der Waals surface area contributed by atoms with Crippen LogP contribution in [-0.4, -0.2) is 22.0 Å². The van der Waals surface area contributed by atoms with Gasteiger partial charge in [0.05, 0.1) is 6.10 Å². The fraction of sp³-hybridized carbons (Fsp3) is 0.375. The largest absolute Gasteiger partial charge is 0.457 e. The van der Waals surface area contributed by atoms with Crippen molar-refractivity contribution in [3.8, 4) is 0 Å². The maximum atomic E-state index is 11.3. The molecule has 1 aromatic rings. The van der Waals surface area contributed by atoms with E-state index in [0.29, 0.717) is 0 Å². The molecule has 13 heavy (non-hydrogen) atoms. The predicted molar refractivity (Wildman–Crippen MR) is 55.3 cm³/mol. The van der Waals surface area contributed by atoms with Crippen molar-refractivity contribution >= 4 is 28.6 Å². The Morgan fingerprint density at radius 1 is 1.62 bits per heavy atom. The van der Waals surface area contributed by atoms with Gasteiger partial charge in [0, 0.05) is 6.20 Å². The second-order valence-electron chi connectivity index (χ2n) is 2.66. The summed E-state index contributed by atoms with van der Waals surface area (Å²) in [5.74, 6) is -0.367. The summed E-state index contributed by atoms with van der Waals surface area (Å²) in [6.07, 6.45) is 1.39. The smallest absolute Gasteiger partial charge is 0.376 e. The molecule has 1 aromatic heterocycles. The average Bonchev–Trinajstić information content (AvgIpc) is 2.03. The summed E-state index contributed by atoms with van der Waals surface area (Å²) in [5.41, 5.74) is 0. The molecule has 0 radical (unpaired) electrons. The maximum Gasteiger partial charge on any atom is 0.376 e. The Labute approximate surface area is 89.9 Å². The van der Waals surface area contributed by atoms with Crippen LogP contribution in [0.15, 0.2) is 12.3 Å². The predicted octanol–water partition coefficient (Wildman–Crippen LogP) is 1.65. The van der Waals surface area contributed by atoms with Crippen LogP contribution in [0.2, 0.25) is 0 Å². The van der Waals surface area contributed by atoms with Gasteiger partial charge in [-0.1, -0.05) is 0 Å². The number of carbonyl (C=O) groups excluding carboxylic acids is 1. The summed E-state index contributed by atoms with van der Waals surface area (Å²) in [6.45, 7) is 3.57. The molecule has 0 bridgehead atoms. The highest BCUT2D eigenvalue weighted by molar-refractivity contribution is 14.1. The molecule has 0 saturated heterocycles. The SMILES string of the molecule is CC(C)OC(=O)c1nccc(I)n1. The fourth-order valence-corrected chi connectivity index (χ4v) is 1.09. The normalized spacial score (nSPS) is 10.2. The topological polar surface area (TPSA) is 52.1 Å². The van der Waals surface area contributed by atoms with Crippen LogP contribution in [0.3, 0.4) is 0 Å². The number of aromatic nitrogens is 2. The minimum atomic E-state index is -0.478. The van der Waals surface area contributed by atoms with E-state index in [0.717, 1.165) is 3.70 Å². The molecular weight excluding hydrogens is 283 g/mol. The molecule has 0 N–H and O–H groups in total. The molecule has 1 rings (SSSR count). The Morgan fingerprint density at radius 2 is 2.31 bits per heavy atom. The van der Waals surface area contributed by atoms with Crippen molar-refractivity contribution in [2.24, 2.45) is 0 Å². The van der Waals surface area contributed by atoms with E-state index in [2.05, 4.69) is 9.97 Å². The highest BCUT2D eigenvalue weighted by atomic mass is 127. The second-order valence-corrected chi connectivity index (χ2v) is 3.76. The standard InChI is InChI=1S/C8H9IN2O2/c1-5(2)13-8(12)7-10-4-3-6(9)11-7/h3-5H,1-2H3. The van der Waals surface area contributed by atoms with Crippen molar-refractivity contribution < 1.29 is 9.53 Å². The van der Waals surface area contributed by atoms with E-state index >= 15 is 0 Å². The molecule has 0 aliphatic rings. The lowest BCUT2D eigenvalue weighted by atomic mass is 10.5. The van der Waals surface area contributed by atoms with E-state index in [4.69, 9.17) is 4.74 Å². The number of ether oxygens (including phenoxy) is 1. The highest BCUT2D eigenvalue weighted by Crippen LogP contribution is 2.01. The molecule has 0 saturated carbocycles. The first-order valence-corrected chi connectivity index (χ1v) is 4.87. The van der Waals surface area contributed by atoms with E-state index in [9.17, 15) is 4.79 Å². The first-order chi connectivity index (χ1) is 6.09. The second kappa shape index (κ2) is 4.50. The van der Waals surface area contributed by atoms with Crippen molar-refractivity contribution in [1.29, 1.82) is 0 Å². The zero-order chi connectivity index (χ0) is 9.84. The molecule has 0 fully saturated rings. The van der Waals surface area contributed by atoms with Gasteiger partial charge in [-0.15, -0.1) is 0 Å². The third kappa shape index (κ3) is 3.25. The van der Waals surface area contributed by atoms with E-state index in [1.54, 1.807) is 19.9 Å². The molecule has 0 spiro atoms. The summed E-state index contributed by atoms with van der Waals surface area (Å²) < 4.78 is 5.65. The number of hydrogen-bond acceptors (Lipinski definition) is 4. The zero-order valence-electron chi connectivity index (χ0n) is 7.32. The molecule has 70 valence electrons. The van der Waals surface area contributed by atoms with Gasteiger partial charge >= 0.3 is 5.97 Å². The van der Waals surface area contributed by atoms with Gasteiger partial charge < -0.3 is 4.74 Å². The Kier molecular flexibility index (Phi) is 3.58. The molecule has 0 unspecified atom stereocenters. The van der Waals surface area contributed by atoms with Gasteiger partial charge in [0.15, 0.2) is 0 Å². The molecule has 0 aromatic carbocycles. The van der Waals surface area contributed by atoms with Crippen molar-refractivity contribution in [1.82, 2.24) is 9.97 Å². The Morgan fingerprint density at radius 3 is 2.85 bits per heavy atom. The monoisotopic (exact) mass is 292 g/mol. The zero-order valence-corrected chi connectivity index (χ0v) is 9.48. The molecule has 0 amide bonds. The maximum absolute atomic E-state index is 11.3. The lowest BCUT2D eigenvalue weighted by Crippen LogP contribution is -2.14. The van der Waals surface area contributed by atoms with Gasteiger partial charge in [-0.25, -0.2) is 14.8 Å². The minimum Gasteiger partial charge on any atom is -0.457 e. The fourth-order valence-electron chi connectivity index (χ4n) is 0.702. The third-order valence-corrected chi connectivity index (χ3v) is 1.75. The van der Waals surface area contributed by atoms with Crippen LogP contribution in [0.25, 0.3) is 0 Å². The van der Waals surface area contributed by atoms with Gasteiger partial charge in [-0.2, -0.15) is 0 Å². The summed E-state index contributed by atoms with van der Waals surface area (Å²) >= 11 is 2.01. The Balaban J connectivity index is 2.77. The lowest BCUT2D eigenvalue weighted by Gasteiger charge is -2.05. The number of carbonyl (C=O) groups is 1. The molecule has 4 nitrogen and oxygen atoms in total. The van der Waals surface area contributed by atoms with Gasteiger partial charge in [0.25, 0.3) is 0 Å². The summed E-state index contributed by atoms with van der Waals surface area (Å²) in [7, 11) is 0. The highest BCUT2D eigenvalue weighted by Gasteiger charge is 2.11. The van der Waals surface area contributed by atoms with Crippen LogP contribution in [0.5, 0.6) is 0 Å². The van der Waals surface area contributed by atoms with E-state index in [-0.39, 0.29) is 11.9 Å². The van der Waals surface area contributed by atoms with E-state index in [1.807, 2.05) is 22.6 Å². The first-order valence-electron chi connectivity index (χ1n) is 3.79. The van der Waals surface area contributed by atoms with Gasteiger partial charge in [-0.05, 0) is 42.5 Å². The third-order valence-electron chi connectivity index (χ3n) is 1.15. The number of esters is 1. The van der Waals surface area contributed by atoms with E-state index in [1.165, 1.54) is 6.20 Å². The summed E-state index contributed by atoms with van der Waals surface area (Å²) in [6, 6.07) is 1.71. The molecule has 0 aliphatic heterocycles. The number of nitrogens with zero attached hydrogens (tertiary/aromatic N) is 2. The van der Waals surface area contributed by atoms with Crippen molar-refractivity contribution in [3.63, 3.8) is 0 Å². The summed E-state index contributed by atoms with van der Waals surface area (Å²) in [4.78, 5) is 19.0. The number of rotatable bonds is 2. The molecule has 5 heteroatoms. The minimum absolute atomic E-state index is 0.112. The number of halogens is 1. The van der Waals surface area contributed by atoms with Crippen molar-refractivity contribution in [3.05, 3.63) is 21.8 Å². The molecule has 0 atom stereocenters. The van der Waals surface area contributed by atoms with Crippen molar-refractivity contribution in [2.75, 3.05) is 0 Å². The Bertz CT molecular complexity index is 315. The van der Waals surface area contributed by atoms with Crippen LogP contribution in [0.4, 0.5) is 0 Å². The van der Waals surface area contributed by atoms with Gasteiger partial charge in [0.2, 0.25) is 5.82 Å². The van der Waals surface area contributed by atoms with Crippen LogP contribution in [-0.2, 0) is 4.74 Å². The average molecular weight is 292 g/mol. The van der Waals surface area contributed by atoms with Crippen LogP contribution < -0.4 is 0 Å². The van der Waals surface area contributed by atoms with Gasteiger partial charge in [-0.3, -0.25) is 0 Å². The quantitative estimate of drug-likeness (QED) is 0.472. The Hall–Kier alpha value is -0.720. The van der Waals surface area contributed by atoms with Crippen molar-refractivity contribution in [2.45, 2.75) is 20.0 Å². The van der Waals surface area contributed by atoms with Gasteiger partial charge in [0.1, 0.15) is 3.70 Å². The molecule has 0 aliphatic carbocycles. The molecule has 1 heterocycles. The summed E-state index contributed by atoms with van der Waals surface area (Å²) in [5, 5.41) is 0. The van der Waals surface area contributed by atoms with Crippen LogP contribution in [0.1, 0.15) is 24.5 Å². The first kappa shape index (κ1) is 10.4.